The van der Waals surface area contributed by atoms with Gasteiger partial charge >= 0.3 is 6.09 Å². The van der Waals surface area contributed by atoms with Gasteiger partial charge in [0.1, 0.15) is 11.5 Å². The predicted octanol–water partition coefficient (Wildman–Crippen LogP) is 2.36. The van der Waals surface area contributed by atoms with Crippen LogP contribution in [0.4, 0.5) is 10.5 Å². The van der Waals surface area contributed by atoms with Crippen LogP contribution in [-0.2, 0) is 16.1 Å². The third-order valence-corrected chi connectivity index (χ3v) is 3.70. The first kappa shape index (κ1) is 16.8. The number of para-hydroxylation sites is 1. The number of hydrogen-bond acceptors (Lipinski definition) is 5. The van der Waals surface area contributed by atoms with Gasteiger partial charge in [-0.2, -0.15) is 0 Å². The van der Waals surface area contributed by atoms with Gasteiger partial charge in [0.25, 0.3) is 5.91 Å². The van der Waals surface area contributed by atoms with E-state index < -0.39 is 18.0 Å². The van der Waals surface area contributed by atoms with Crippen molar-refractivity contribution in [1.29, 1.82) is 0 Å². The molecular weight excluding hydrogens is 322 g/mol. The van der Waals surface area contributed by atoms with Gasteiger partial charge in [-0.1, -0.05) is 18.2 Å². The summed E-state index contributed by atoms with van der Waals surface area (Å²) < 4.78 is 5.80. The van der Waals surface area contributed by atoms with E-state index in [0.717, 1.165) is 10.6 Å². The number of ether oxygens (including phenoxy) is 1. The molecule has 0 fully saturated rings. The summed E-state index contributed by atoms with van der Waals surface area (Å²) in [6.45, 7) is 2.15. The molecule has 0 aromatic heterocycles. The molecule has 0 radical (unpaired) electrons. The minimum Gasteiger partial charge on any atom is -0.457 e. The van der Waals surface area contributed by atoms with Crippen LogP contribution in [0.3, 0.4) is 0 Å². The van der Waals surface area contributed by atoms with E-state index in [1.54, 1.807) is 25.1 Å². The Hall–Kier alpha value is -3.06. The lowest BCUT2D eigenvalue weighted by molar-refractivity contribution is -0.125. The number of rotatable bonds is 4. The highest BCUT2D eigenvalue weighted by atomic mass is 16.7. The van der Waals surface area contributed by atoms with Gasteiger partial charge in [0.05, 0.1) is 11.7 Å². The highest BCUT2D eigenvalue weighted by Gasteiger charge is 2.33. The van der Waals surface area contributed by atoms with Crippen molar-refractivity contribution >= 4 is 17.7 Å². The number of carbonyl (C=O) groups is 2. The number of amides is 2. The first-order chi connectivity index (χ1) is 12.1. The van der Waals surface area contributed by atoms with Crippen molar-refractivity contribution in [1.82, 2.24) is 5.32 Å². The molecule has 2 amide bonds. The van der Waals surface area contributed by atoms with Gasteiger partial charge in [0.15, 0.2) is 0 Å². The molecule has 7 nitrogen and oxygen atoms in total. The molecule has 0 spiro atoms. The number of fused-ring (bicyclic) bond motifs is 1. The Morgan fingerprint density at radius 2 is 2.00 bits per heavy atom. The third-order valence-electron chi connectivity index (χ3n) is 3.70. The topological polar surface area (TPSA) is 93.9 Å². The van der Waals surface area contributed by atoms with Crippen LogP contribution in [0.5, 0.6) is 11.5 Å². The summed E-state index contributed by atoms with van der Waals surface area (Å²) >= 11 is 0. The van der Waals surface area contributed by atoms with Crippen LogP contribution in [0.2, 0.25) is 0 Å². The van der Waals surface area contributed by atoms with E-state index in [2.05, 4.69) is 5.32 Å². The van der Waals surface area contributed by atoms with Crippen molar-refractivity contribution in [3.8, 4) is 11.5 Å². The summed E-state index contributed by atoms with van der Waals surface area (Å²) in [6.07, 6.45) is -0.365. The predicted molar refractivity (Wildman–Crippen MR) is 92.3 cm³/mol. The molecule has 1 aliphatic rings. The fourth-order valence-electron chi connectivity index (χ4n) is 2.56. The van der Waals surface area contributed by atoms with Gasteiger partial charge in [-0.05, 0) is 49.2 Å². The van der Waals surface area contributed by atoms with Crippen molar-refractivity contribution < 1.29 is 19.2 Å². The number of nitrogens with zero attached hydrogens (tertiary/aromatic N) is 1. The number of hydrogen-bond donors (Lipinski definition) is 2. The van der Waals surface area contributed by atoms with Crippen molar-refractivity contribution in [2.24, 2.45) is 5.73 Å². The lowest BCUT2D eigenvalue weighted by Crippen LogP contribution is -2.50. The average molecular weight is 341 g/mol. The Morgan fingerprint density at radius 1 is 1.24 bits per heavy atom. The molecule has 0 saturated heterocycles. The zero-order valence-corrected chi connectivity index (χ0v) is 13.8. The average Bonchev–Trinajstić information content (AvgIpc) is 2.60. The minimum absolute atomic E-state index is 0.343. The van der Waals surface area contributed by atoms with Crippen LogP contribution >= 0.6 is 0 Å². The normalized spacial score (nSPS) is 16.2. The second kappa shape index (κ2) is 7.23. The Morgan fingerprint density at radius 3 is 2.72 bits per heavy atom. The highest BCUT2D eigenvalue weighted by Crippen LogP contribution is 2.32. The van der Waals surface area contributed by atoms with Gasteiger partial charge in [-0.15, -0.1) is 5.06 Å². The van der Waals surface area contributed by atoms with E-state index in [4.69, 9.17) is 15.3 Å². The monoisotopic (exact) mass is 341 g/mol. The number of anilines is 1. The molecule has 25 heavy (non-hydrogen) atoms. The molecular formula is C18H19N3O4. The lowest BCUT2D eigenvalue weighted by Gasteiger charge is -2.30. The smallest absolute Gasteiger partial charge is 0.432 e. The molecule has 130 valence electrons. The van der Waals surface area contributed by atoms with Crippen molar-refractivity contribution in [3.05, 3.63) is 54.1 Å². The summed E-state index contributed by atoms with van der Waals surface area (Å²) in [5, 5.41) is 3.43. The fourth-order valence-corrected chi connectivity index (χ4v) is 2.56. The number of benzene rings is 2. The number of nitrogens with two attached hydrogens (primary N) is 1. The molecule has 0 saturated carbocycles. The van der Waals surface area contributed by atoms with Crippen LogP contribution in [-0.4, -0.2) is 24.6 Å². The van der Waals surface area contributed by atoms with Crippen LogP contribution in [0.25, 0.3) is 0 Å². The Balaban J connectivity index is 1.86. The number of nitrogens with one attached hydrogen (secondary N) is 1. The first-order valence-corrected chi connectivity index (χ1v) is 7.99. The molecule has 0 unspecified atom stereocenters. The van der Waals surface area contributed by atoms with E-state index in [1.165, 1.54) is 0 Å². The van der Waals surface area contributed by atoms with E-state index in [9.17, 15) is 9.59 Å². The SMILES string of the molecule is CCNC(=O)ON1C(=O)[C@@H](N)Cc2cc(Oc3ccccc3)ccc21. The van der Waals surface area contributed by atoms with E-state index in [1.807, 2.05) is 30.3 Å². The zero-order valence-electron chi connectivity index (χ0n) is 13.8. The lowest BCUT2D eigenvalue weighted by atomic mass is 9.99. The maximum atomic E-state index is 12.3. The van der Waals surface area contributed by atoms with Gasteiger partial charge in [0.2, 0.25) is 0 Å². The molecule has 2 aromatic rings. The van der Waals surface area contributed by atoms with Crippen molar-refractivity contribution in [2.75, 3.05) is 11.6 Å². The van der Waals surface area contributed by atoms with Gasteiger partial charge in [-0.3, -0.25) is 4.79 Å². The third kappa shape index (κ3) is 3.72. The molecule has 3 rings (SSSR count). The molecule has 3 N–H and O–H groups in total. The second-order valence-electron chi connectivity index (χ2n) is 5.56. The first-order valence-electron chi connectivity index (χ1n) is 7.99. The van der Waals surface area contributed by atoms with Crippen molar-refractivity contribution in [2.45, 2.75) is 19.4 Å². The largest absolute Gasteiger partial charge is 0.457 e. The molecule has 1 aliphatic heterocycles. The van der Waals surface area contributed by atoms with Crippen LogP contribution in [0.15, 0.2) is 48.5 Å². The van der Waals surface area contributed by atoms with Gasteiger partial charge < -0.3 is 20.6 Å². The summed E-state index contributed by atoms with van der Waals surface area (Å²) in [5.74, 6) is 0.856. The molecule has 1 atom stereocenters. The molecule has 2 aromatic carbocycles. The van der Waals surface area contributed by atoms with Crippen LogP contribution < -0.4 is 20.9 Å². The van der Waals surface area contributed by atoms with Crippen LogP contribution in [0.1, 0.15) is 12.5 Å². The second-order valence-corrected chi connectivity index (χ2v) is 5.56. The Bertz CT molecular complexity index is 779. The molecule has 1 heterocycles. The maximum Gasteiger partial charge on any atom is 0.432 e. The summed E-state index contributed by atoms with van der Waals surface area (Å²) in [4.78, 5) is 29.1. The standard InChI is InChI=1S/C18H19N3O4/c1-2-20-18(23)25-21-16-9-8-14(24-13-6-4-3-5-7-13)10-12(16)11-15(19)17(21)22/h3-10,15H,2,11,19H2,1H3,(H,20,23)/t15-/m0/s1. The summed E-state index contributed by atoms with van der Waals surface area (Å²) in [5.41, 5.74) is 7.15. The maximum absolute atomic E-state index is 12.3. The molecule has 0 bridgehead atoms. The fraction of sp³-hybridized carbons (Fsp3) is 0.222. The van der Waals surface area contributed by atoms with Crippen molar-refractivity contribution in [3.63, 3.8) is 0 Å². The van der Waals surface area contributed by atoms with E-state index in [0.29, 0.717) is 30.2 Å². The zero-order chi connectivity index (χ0) is 17.8. The van der Waals surface area contributed by atoms with Crippen LogP contribution in [0, 0.1) is 0 Å². The van der Waals surface area contributed by atoms with E-state index in [-0.39, 0.29) is 0 Å². The van der Waals surface area contributed by atoms with E-state index >= 15 is 0 Å². The van der Waals surface area contributed by atoms with Gasteiger partial charge in [0, 0.05) is 6.54 Å². The molecule has 7 heteroatoms. The highest BCUT2D eigenvalue weighted by molar-refractivity contribution is 5.99. The van der Waals surface area contributed by atoms with Gasteiger partial charge in [-0.25, -0.2) is 4.79 Å². The minimum atomic E-state index is -0.783. The number of carbonyl (C=O) groups excluding carboxylic acids is 2. The molecule has 0 aliphatic carbocycles. The Labute approximate surface area is 145 Å². The Kier molecular flexibility index (Phi) is 4.85. The summed E-state index contributed by atoms with van der Waals surface area (Å²) in [7, 11) is 0. The number of hydroxylamine groups is 1. The summed E-state index contributed by atoms with van der Waals surface area (Å²) in [6, 6.07) is 13.8. The quantitative estimate of drug-likeness (QED) is 0.890.